The van der Waals surface area contributed by atoms with Gasteiger partial charge < -0.3 is 10.4 Å². The monoisotopic (exact) mass is 307 g/mol. The summed E-state index contributed by atoms with van der Waals surface area (Å²) in [6.07, 6.45) is -0.0839. The minimum absolute atomic E-state index is 0.0582. The van der Waals surface area contributed by atoms with Crippen molar-refractivity contribution in [2.24, 2.45) is 0 Å². The standard InChI is InChI=1S/C12H12F3NO3S/c13-12(14,15)20-9-5-2-1-4-8(9)16-10(17)6-3-7-11(18)19/h1-2,4-5H,3,6-7H2,(H,16,17)(H,18,19). The van der Waals surface area contributed by atoms with Crippen LogP contribution >= 0.6 is 11.8 Å². The van der Waals surface area contributed by atoms with Crippen molar-refractivity contribution in [3.63, 3.8) is 0 Å². The van der Waals surface area contributed by atoms with Crippen molar-refractivity contribution in [3.8, 4) is 0 Å². The summed E-state index contributed by atoms with van der Waals surface area (Å²) in [6.45, 7) is 0. The molecule has 1 amide bonds. The van der Waals surface area contributed by atoms with E-state index in [1.165, 1.54) is 24.3 Å². The second-order valence-electron chi connectivity index (χ2n) is 3.84. The molecule has 0 saturated heterocycles. The number of hydrogen-bond donors (Lipinski definition) is 2. The molecule has 0 aromatic heterocycles. The van der Waals surface area contributed by atoms with Gasteiger partial charge in [0, 0.05) is 17.7 Å². The van der Waals surface area contributed by atoms with E-state index in [9.17, 15) is 22.8 Å². The van der Waals surface area contributed by atoms with Crippen LogP contribution in [0.4, 0.5) is 18.9 Å². The molecule has 4 nitrogen and oxygen atoms in total. The molecule has 0 fully saturated rings. The van der Waals surface area contributed by atoms with Crippen LogP contribution in [0.3, 0.4) is 0 Å². The normalized spacial score (nSPS) is 11.2. The van der Waals surface area contributed by atoms with Gasteiger partial charge in [-0.2, -0.15) is 13.2 Å². The molecular formula is C12H12F3NO3S. The molecule has 8 heteroatoms. The first-order valence-corrected chi connectivity index (χ1v) is 6.46. The Balaban J connectivity index is 2.63. The first-order chi connectivity index (χ1) is 9.28. The van der Waals surface area contributed by atoms with Crippen LogP contribution in [0.1, 0.15) is 19.3 Å². The average molecular weight is 307 g/mol. The summed E-state index contributed by atoms with van der Waals surface area (Å²) in [6, 6.07) is 5.57. The number of rotatable bonds is 6. The zero-order chi connectivity index (χ0) is 15.2. The number of halogens is 3. The van der Waals surface area contributed by atoms with E-state index in [4.69, 9.17) is 5.11 Å². The highest BCUT2D eigenvalue weighted by molar-refractivity contribution is 8.00. The number of aliphatic carboxylic acids is 1. The Morgan fingerprint density at radius 1 is 1.20 bits per heavy atom. The second kappa shape index (κ2) is 7.18. The molecule has 20 heavy (non-hydrogen) atoms. The number of carbonyl (C=O) groups is 2. The van der Waals surface area contributed by atoms with Crippen molar-refractivity contribution < 1.29 is 27.9 Å². The van der Waals surface area contributed by atoms with Crippen LogP contribution in [0.5, 0.6) is 0 Å². The van der Waals surface area contributed by atoms with Crippen LogP contribution in [-0.2, 0) is 9.59 Å². The van der Waals surface area contributed by atoms with Crippen molar-refractivity contribution in [1.82, 2.24) is 0 Å². The summed E-state index contributed by atoms with van der Waals surface area (Å²) < 4.78 is 37.0. The molecule has 1 aromatic rings. The molecule has 0 aliphatic carbocycles. The second-order valence-corrected chi connectivity index (χ2v) is 4.95. The van der Waals surface area contributed by atoms with Gasteiger partial charge in [0.05, 0.1) is 5.69 Å². The average Bonchev–Trinajstić information content (AvgIpc) is 2.29. The lowest BCUT2D eigenvalue weighted by Gasteiger charge is -2.11. The van der Waals surface area contributed by atoms with Crippen LogP contribution in [0.2, 0.25) is 0 Å². The molecule has 0 atom stereocenters. The van der Waals surface area contributed by atoms with Crippen LogP contribution < -0.4 is 5.32 Å². The summed E-state index contributed by atoms with van der Waals surface area (Å²) >= 11 is -0.311. The summed E-state index contributed by atoms with van der Waals surface area (Å²) in [7, 11) is 0. The lowest BCUT2D eigenvalue weighted by Crippen LogP contribution is -2.13. The number of hydrogen-bond acceptors (Lipinski definition) is 3. The van der Waals surface area contributed by atoms with E-state index in [1.54, 1.807) is 0 Å². The summed E-state index contributed by atoms with van der Waals surface area (Å²) in [4.78, 5) is 21.7. The van der Waals surface area contributed by atoms with Gasteiger partial charge in [-0.25, -0.2) is 0 Å². The van der Waals surface area contributed by atoms with Crippen molar-refractivity contribution in [3.05, 3.63) is 24.3 Å². The van der Waals surface area contributed by atoms with E-state index in [-0.39, 0.29) is 41.6 Å². The van der Waals surface area contributed by atoms with E-state index in [0.29, 0.717) is 0 Å². The van der Waals surface area contributed by atoms with E-state index in [2.05, 4.69) is 5.32 Å². The van der Waals surface area contributed by atoms with Gasteiger partial charge in [-0.15, -0.1) is 0 Å². The summed E-state index contributed by atoms with van der Waals surface area (Å²) in [5.41, 5.74) is -4.38. The smallest absolute Gasteiger partial charge is 0.446 e. The fourth-order valence-electron chi connectivity index (χ4n) is 1.40. The molecule has 0 unspecified atom stereocenters. The SMILES string of the molecule is O=C(O)CCCC(=O)Nc1ccccc1SC(F)(F)F. The Hall–Kier alpha value is -1.70. The number of carboxylic acids is 1. The van der Waals surface area contributed by atoms with Crippen LogP contribution in [0.25, 0.3) is 0 Å². The molecule has 110 valence electrons. The Labute approximate surface area is 117 Å². The maximum Gasteiger partial charge on any atom is 0.446 e. The number of nitrogens with one attached hydrogen (secondary N) is 1. The van der Waals surface area contributed by atoms with E-state index in [0.717, 1.165) is 0 Å². The molecule has 2 N–H and O–H groups in total. The fourth-order valence-corrected chi connectivity index (χ4v) is 2.02. The third-order valence-corrected chi connectivity index (χ3v) is 2.99. The molecule has 0 saturated carbocycles. The third-order valence-electron chi connectivity index (χ3n) is 2.18. The molecule has 1 rings (SSSR count). The molecular weight excluding hydrogens is 295 g/mol. The zero-order valence-corrected chi connectivity index (χ0v) is 11.1. The molecule has 0 radical (unpaired) electrons. The van der Waals surface area contributed by atoms with Gasteiger partial charge in [-0.05, 0) is 30.3 Å². The van der Waals surface area contributed by atoms with Gasteiger partial charge >= 0.3 is 11.5 Å². The van der Waals surface area contributed by atoms with Gasteiger partial charge in [0.2, 0.25) is 5.91 Å². The largest absolute Gasteiger partial charge is 0.481 e. The van der Waals surface area contributed by atoms with Crippen molar-refractivity contribution in [2.45, 2.75) is 29.7 Å². The van der Waals surface area contributed by atoms with Gasteiger partial charge in [0.1, 0.15) is 0 Å². The molecule has 0 aliphatic heterocycles. The summed E-state index contributed by atoms with van der Waals surface area (Å²) in [5.74, 6) is -1.53. The van der Waals surface area contributed by atoms with E-state index < -0.39 is 17.4 Å². The lowest BCUT2D eigenvalue weighted by molar-refractivity contribution is -0.137. The molecule has 1 aromatic carbocycles. The van der Waals surface area contributed by atoms with Gasteiger partial charge in [-0.1, -0.05) is 12.1 Å². The van der Waals surface area contributed by atoms with Gasteiger partial charge in [0.15, 0.2) is 0 Å². The number of alkyl halides is 3. The predicted molar refractivity (Wildman–Crippen MR) is 68.5 cm³/mol. The van der Waals surface area contributed by atoms with E-state index >= 15 is 0 Å². The maximum absolute atomic E-state index is 12.3. The number of amides is 1. The van der Waals surface area contributed by atoms with E-state index in [1.807, 2.05) is 0 Å². The highest BCUT2D eigenvalue weighted by Gasteiger charge is 2.30. The summed E-state index contributed by atoms with van der Waals surface area (Å²) in [5, 5.41) is 10.8. The first kappa shape index (κ1) is 16.4. The topological polar surface area (TPSA) is 66.4 Å². The number of benzene rings is 1. The van der Waals surface area contributed by atoms with Crippen LogP contribution in [0.15, 0.2) is 29.2 Å². The van der Waals surface area contributed by atoms with Gasteiger partial charge in [0.25, 0.3) is 0 Å². The first-order valence-electron chi connectivity index (χ1n) is 5.64. The number of anilines is 1. The number of para-hydroxylation sites is 1. The van der Waals surface area contributed by atoms with Gasteiger partial charge in [-0.3, -0.25) is 9.59 Å². The molecule has 0 heterocycles. The Bertz CT molecular complexity index is 491. The number of carbonyl (C=O) groups excluding carboxylic acids is 1. The molecule has 0 spiro atoms. The highest BCUT2D eigenvalue weighted by Crippen LogP contribution is 2.40. The minimum atomic E-state index is -4.44. The maximum atomic E-state index is 12.3. The molecule has 0 aliphatic rings. The Morgan fingerprint density at radius 2 is 1.85 bits per heavy atom. The lowest BCUT2D eigenvalue weighted by atomic mass is 10.2. The van der Waals surface area contributed by atoms with Crippen molar-refractivity contribution in [1.29, 1.82) is 0 Å². The quantitative estimate of drug-likeness (QED) is 0.790. The van der Waals surface area contributed by atoms with Crippen molar-refractivity contribution >= 4 is 29.3 Å². The fraction of sp³-hybridized carbons (Fsp3) is 0.333. The Kier molecular flexibility index (Phi) is 5.87. The predicted octanol–water partition coefficient (Wildman–Crippen LogP) is 3.49. The zero-order valence-electron chi connectivity index (χ0n) is 10.2. The van der Waals surface area contributed by atoms with Crippen LogP contribution in [0, 0.1) is 0 Å². The Morgan fingerprint density at radius 3 is 2.45 bits per heavy atom. The molecule has 0 bridgehead atoms. The van der Waals surface area contributed by atoms with Crippen molar-refractivity contribution in [2.75, 3.05) is 5.32 Å². The number of thioether (sulfide) groups is 1. The minimum Gasteiger partial charge on any atom is -0.481 e. The number of carboxylic acid groups (broad SMARTS) is 1. The third kappa shape index (κ3) is 6.46. The van der Waals surface area contributed by atoms with Crippen LogP contribution in [-0.4, -0.2) is 22.5 Å². The highest BCUT2D eigenvalue weighted by atomic mass is 32.2.